The molecule has 0 spiro atoms. The number of carbonyl (C=O) groups excluding carboxylic acids is 1. The van der Waals surface area contributed by atoms with E-state index in [9.17, 15) is 9.59 Å². The van der Waals surface area contributed by atoms with Crippen LogP contribution in [0.2, 0.25) is 0 Å². The first kappa shape index (κ1) is 15.5. The van der Waals surface area contributed by atoms with Crippen LogP contribution in [-0.4, -0.2) is 35.1 Å². The summed E-state index contributed by atoms with van der Waals surface area (Å²) in [5.41, 5.74) is 0.625. The first-order valence-electron chi connectivity index (χ1n) is 5.55. The minimum Gasteiger partial charge on any atom is -0.478 e. The van der Waals surface area contributed by atoms with Gasteiger partial charge in [-0.25, -0.2) is 9.59 Å². The number of hydrogen-bond acceptors (Lipinski definition) is 5. The van der Waals surface area contributed by atoms with Crippen molar-refractivity contribution in [1.82, 2.24) is 4.90 Å². The zero-order chi connectivity index (χ0) is 15.3. The van der Waals surface area contributed by atoms with E-state index in [-0.39, 0.29) is 23.7 Å². The Morgan fingerprint density at radius 1 is 1.30 bits per heavy atom. The van der Waals surface area contributed by atoms with E-state index < -0.39 is 12.0 Å². The number of carboxylic acids is 1. The number of rotatable bonds is 4. The number of hydrogen-bond donors (Lipinski definition) is 2. The molecule has 0 unspecified atom stereocenters. The molecule has 104 valence electrons. The van der Waals surface area contributed by atoms with E-state index in [4.69, 9.17) is 15.6 Å². The van der Waals surface area contributed by atoms with Crippen molar-refractivity contribution in [3.8, 4) is 12.1 Å². The Morgan fingerprint density at radius 2 is 1.85 bits per heavy atom. The lowest BCUT2D eigenvalue weighted by Gasteiger charge is -2.16. The van der Waals surface area contributed by atoms with Crippen LogP contribution in [0, 0.1) is 36.5 Å². The Bertz CT molecular complexity index is 608. The first-order chi connectivity index (χ1) is 9.42. The smallest absolute Gasteiger partial charge is 0.338 e. The number of aromatic carboxylic acids is 1. The average Bonchev–Trinajstić information content (AvgIpc) is 2.64. The SMILES string of the molecule is Cc1sc(NC(=O)N(CC#N)CC#N)c(C(=O)O)c1C. The average molecular weight is 292 g/mol. The molecule has 2 amide bonds. The maximum Gasteiger partial charge on any atom is 0.338 e. The van der Waals surface area contributed by atoms with Crippen molar-refractivity contribution in [1.29, 1.82) is 10.5 Å². The normalized spacial score (nSPS) is 9.40. The molecule has 1 heterocycles. The molecule has 0 fully saturated rings. The lowest BCUT2D eigenvalue weighted by atomic mass is 10.1. The van der Waals surface area contributed by atoms with Gasteiger partial charge in [0.2, 0.25) is 0 Å². The summed E-state index contributed by atoms with van der Waals surface area (Å²) in [5, 5.41) is 29.0. The van der Waals surface area contributed by atoms with E-state index in [0.29, 0.717) is 5.56 Å². The third-order valence-corrected chi connectivity index (χ3v) is 3.75. The largest absolute Gasteiger partial charge is 0.478 e. The number of thiophene rings is 1. The van der Waals surface area contributed by atoms with Crippen LogP contribution < -0.4 is 5.32 Å². The number of carboxylic acid groups (broad SMARTS) is 1. The lowest BCUT2D eigenvalue weighted by molar-refractivity contribution is 0.0697. The van der Waals surface area contributed by atoms with Gasteiger partial charge in [0.15, 0.2) is 0 Å². The molecule has 8 heteroatoms. The standard InChI is InChI=1S/C12H12N4O3S/c1-7-8(2)20-10(9(7)11(17)18)15-12(19)16(5-3-13)6-4-14/h5-6H2,1-2H3,(H,15,19)(H,17,18). The van der Waals surface area contributed by atoms with Gasteiger partial charge in [-0.2, -0.15) is 10.5 Å². The van der Waals surface area contributed by atoms with E-state index in [1.807, 2.05) is 0 Å². The molecular formula is C12H12N4O3S. The van der Waals surface area contributed by atoms with Crippen molar-refractivity contribution in [3.63, 3.8) is 0 Å². The Kier molecular flexibility index (Phi) is 5.07. The van der Waals surface area contributed by atoms with Gasteiger partial charge in [-0.15, -0.1) is 11.3 Å². The van der Waals surface area contributed by atoms with E-state index in [0.717, 1.165) is 21.1 Å². The summed E-state index contributed by atoms with van der Waals surface area (Å²) in [6.45, 7) is 2.92. The molecule has 1 rings (SSSR count). The van der Waals surface area contributed by atoms with E-state index in [1.165, 1.54) is 0 Å². The zero-order valence-electron chi connectivity index (χ0n) is 10.9. The molecular weight excluding hydrogens is 280 g/mol. The monoisotopic (exact) mass is 292 g/mol. The van der Waals surface area contributed by atoms with Crippen LogP contribution in [-0.2, 0) is 0 Å². The van der Waals surface area contributed by atoms with Crippen LogP contribution in [0.25, 0.3) is 0 Å². The summed E-state index contributed by atoms with van der Waals surface area (Å²) in [7, 11) is 0. The van der Waals surface area contributed by atoms with Gasteiger partial charge in [-0.3, -0.25) is 10.2 Å². The molecule has 0 aliphatic rings. The summed E-state index contributed by atoms with van der Waals surface area (Å²) >= 11 is 1.15. The highest BCUT2D eigenvalue weighted by Gasteiger charge is 2.22. The maximum absolute atomic E-state index is 11.9. The molecule has 0 aromatic carbocycles. The Labute approximate surface area is 119 Å². The summed E-state index contributed by atoms with van der Waals surface area (Å²) in [6.07, 6.45) is 0. The Morgan fingerprint density at radius 3 is 2.30 bits per heavy atom. The highest BCUT2D eigenvalue weighted by Crippen LogP contribution is 2.32. The van der Waals surface area contributed by atoms with Gasteiger partial charge in [-0.05, 0) is 19.4 Å². The minimum absolute atomic E-state index is 0.0368. The van der Waals surface area contributed by atoms with Gasteiger partial charge in [0.05, 0.1) is 17.7 Å². The fraction of sp³-hybridized carbons (Fsp3) is 0.333. The minimum atomic E-state index is -1.13. The predicted octanol–water partition coefficient (Wildman–Crippen LogP) is 1.94. The number of anilines is 1. The van der Waals surface area contributed by atoms with Crippen molar-refractivity contribution >= 4 is 28.3 Å². The second kappa shape index (κ2) is 6.55. The number of nitrogens with one attached hydrogen (secondary N) is 1. The maximum atomic E-state index is 11.9. The van der Waals surface area contributed by atoms with Gasteiger partial charge in [0.25, 0.3) is 0 Å². The quantitative estimate of drug-likeness (QED) is 0.822. The first-order valence-corrected chi connectivity index (χ1v) is 6.37. The number of carbonyl (C=O) groups is 2. The molecule has 0 aliphatic carbocycles. The molecule has 0 radical (unpaired) electrons. The van der Waals surface area contributed by atoms with Crippen molar-refractivity contribution in [2.24, 2.45) is 0 Å². The molecule has 20 heavy (non-hydrogen) atoms. The van der Waals surface area contributed by atoms with Crippen molar-refractivity contribution in [3.05, 3.63) is 16.0 Å². The number of amides is 2. The summed E-state index contributed by atoms with van der Waals surface area (Å²) in [4.78, 5) is 24.9. The highest BCUT2D eigenvalue weighted by atomic mass is 32.1. The van der Waals surface area contributed by atoms with Crippen LogP contribution >= 0.6 is 11.3 Å². The molecule has 0 saturated carbocycles. The fourth-order valence-corrected chi connectivity index (χ4v) is 2.56. The highest BCUT2D eigenvalue weighted by molar-refractivity contribution is 7.16. The van der Waals surface area contributed by atoms with Gasteiger partial charge in [0, 0.05) is 4.88 Å². The number of nitrogens with zero attached hydrogens (tertiary/aromatic N) is 3. The van der Waals surface area contributed by atoms with E-state index in [1.54, 1.807) is 26.0 Å². The molecule has 0 saturated heterocycles. The molecule has 7 nitrogen and oxygen atoms in total. The molecule has 1 aromatic heterocycles. The van der Waals surface area contributed by atoms with Gasteiger partial charge in [-0.1, -0.05) is 0 Å². The fourth-order valence-electron chi connectivity index (χ4n) is 1.52. The van der Waals surface area contributed by atoms with Crippen molar-refractivity contribution in [2.75, 3.05) is 18.4 Å². The zero-order valence-corrected chi connectivity index (χ0v) is 11.7. The molecule has 0 atom stereocenters. The summed E-state index contributed by atoms with van der Waals surface area (Å²) in [5.74, 6) is -1.13. The second-order valence-corrected chi connectivity index (χ2v) is 5.12. The third kappa shape index (κ3) is 3.25. The van der Waals surface area contributed by atoms with Crippen LogP contribution in [0.1, 0.15) is 20.8 Å². The van der Waals surface area contributed by atoms with Crippen molar-refractivity contribution in [2.45, 2.75) is 13.8 Å². The van der Waals surface area contributed by atoms with Gasteiger partial charge in [0.1, 0.15) is 18.1 Å². The predicted molar refractivity (Wildman–Crippen MR) is 72.6 cm³/mol. The number of nitriles is 2. The topological polar surface area (TPSA) is 117 Å². The van der Waals surface area contributed by atoms with Crippen LogP contribution in [0.4, 0.5) is 9.80 Å². The Hall–Kier alpha value is -2.58. The van der Waals surface area contributed by atoms with Crippen LogP contribution in [0.5, 0.6) is 0 Å². The third-order valence-electron chi connectivity index (χ3n) is 2.63. The molecule has 0 aliphatic heterocycles. The van der Waals surface area contributed by atoms with Gasteiger partial charge >= 0.3 is 12.0 Å². The van der Waals surface area contributed by atoms with Gasteiger partial charge < -0.3 is 5.11 Å². The van der Waals surface area contributed by atoms with Crippen LogP contribution in [0.15, 0.2) is 0 Å². The number of aryl methyl sites for hydroxylation is 1. The van der Waals surface area contributed by atoms with E-state index >= 15 is 0 Å². The van der Waals surface area contributed by atoms with Crippen LogP contribution in [0.3, 0.4) is 0 Å². The molecule has 2 N–H and O–H groups in total. The summed E-state index contributed by atoms with van der Waals surface area (Å²) < 4.78 is 0. The molecule has 0 bridgehead atoms. The van der Waals surface area contributed by atoms with Crippen molar-refractivity contribution < 1.29 is 14.7 Å². The summed E-state index contributed by atoms with van der Waals surface area (Å²) in [6, 6.07) is 2.88. The lowest BCUT2D eigenvalue weighted by Crippen LogP contribution is -2.35. The second-order valence-electron chi connectivity index (χ2n) is 3.89. The Balaban J connectivity index is 3.02. The number of urea groups is 1. The molecule has 1 aromatic rings. The van der Waals surface area contributed by atoms with E-state index in [2.05, 4.69) is 5.32 Å².